The molecule has 1 aromatic heterocycles. The summed E-state index contributed by atoms with van der Waals surface area (Å²) in [4.78, 5) is 32.2. The first-order valence-electron chi connectivity index (χ1n) is 8.45. The van der Waals surface area contributed by atoms with Gasteiger partial charge in [-0.25, -0.2) is 4.98 Å². The van der Waals surface area contributed by atoms with E-state index < -0.39 is 0 Å². The Morgan fingerprint density at radius 3 is 2.80 bits per heavy atom. The van der Waals surface area contributed by atoms with Gasteiger partial charge >= 0.3 is 0 Å². The van der Waals surface area contributed by atoms with Gasteiger partial charge in [-0.2, -0.15) is 0 Å². The zero-order valence-corrected chi connectivity index (χ0v) is 15.2. The molecule has 4 rings (SSSR count). The fourth-order valence-electron chi connectivity index (χ4n) is 3.11. The molecule has 1 fully saturated rings. The lowest BCUT2D eigenvalue weighted by Gasteiger charge is -2.26. The number of benzene rings is 1. The molecule has 0 spiro atoms. The molecule has 0 atom stereocenters. The zero-order chi connectivity index (χ0) is 17.4. The molecule has 5 nitrogen and oxygen atoms in total. The van der Waals surface area contributed by atoms with E-state index in [9.17, 15) is 9.59 Å². The summed E-state index contributed by atoms with van der Waals surface area (Å²) in [5.74, 6) is 0.144. The average molecular weight is 376 g/mol. The van der Waals surface area contributed by atoms with Crippen LogP contribution >= 0.6 is 22.9 Å². The van der Waals surface area contributed by atoms with Gasteiger partial charge in [-0.05, 0) is 25.0 Å². The van der Waals surface area contributed by atoms with Gasteiger partial charge in [0.15, 0.2) is 5.13 Å². The number of aromatic nitrogens is 1. The Morgan fingerprint density at radius 2 is 2.08 bits per heavy atom. The van der Waals surface area contributed by atoms with Crippen LogP contribution < -0.4 is 5.32 Å². The van der Waals surface area contributed by atoms with Crippen molar-refractivity contribution in [2.24, 2.45) is 5.92 Å². The summed E-state index contributed by atoms with van der Waals surface area (Å²) in [6.45, 7) is 1.12. The third-order valence-electron chi connectivity index (χ3n) is 4.83. The molecule has 130 valence electrons. The van der Waals surface area contributed by atoms with Gasteiger partial charge in [-0.15, -0.1) is 0 Å². The molecule has 25 heavy (non-hydrogen) atoms. The van der Waals surface area contributed by atoms with Gasteiger partial charge in [-0.1, -0.05) is 41.5 Å². The van der Waals surface area contributed by atoms with Crippen LogP contribution in [0.5, 0.6) is 0 Å². The van der Waals surface area contributed by atoms with Crippen LogP contribution in [0, 0.1) is 5.92 Å². The molecule has 1 N–H and O–H groups in total. The first-order chi connectivity index (χ1) is 12.1. The van der Waals surface area contributed by atoms with E-state index in [1.165, 1.54) is 11.3 Å². The van der Waals surface area contributed by atoms with Gasteiger partial charge < -0.3 is 10.2 Å². The van der Waals surface area contributed by atoms with Crippen LogP contribution in [0.25, 0.3) is 0 Å². The summed E-state index contributed by atoms with van der Waals surface area (Å²) in [5, 5.41) is 4.05. The first-order valence-corrected chi connectivity index (χ1v) is 9.64. The van der Waals surface area contributed by atoms with Crippen molar-refractivity contribution in [3.05, 3.63) is 45.4 Å². The fraction of sp³-hybridized carbons (Fsp3) is 0.389. The van der Waals surface area contributed by atoms with Crippen molar-refractivity contribution >= 4 is 39.9 Å². The van der Waals surface area contributed by atoms with Crippen molar-refractivity contribution in [1.82, 2.24) is 9.88 Å². The van der Waals surface area contributed by atoms with Crippen molar-refractivity contribution in [1.29, 1.82) is 0 Å². The van der Waals surface area contributed by atoms with Gasteiger partial charge in [0, 0.05) is 23.8 Å². The van der Waals surface area contributed by atoms with Crippen LogP contribution in [-0.4, -0.2) is 28.2 Å². The Hall–Kier alpha value is -1.92. The second-order valence-corrected chi connectivity index (χ2v) is 7.95. The SMILES string of the molecule is O=C(Nc1nc2c(s1)CN(C(=O)c1ccccc1Cl)CC2)C1CCC1. The summed E-state index contributed by atoms with van der Waals surface area (Å²) in [6.07, 6.45) is 3.76. The molecular weight excluding hydrogens is 358 g/mol. The highest BCUT2D eigenvalue weighted by Gasteiger charge is 2.28. The summed E-state index contributed by atoms with van der Waals surface area (Å²) in [5.41, 5.74) is 1.51. The van der Waals surface area contributed by atoms with Crippen molar-refractivity contribution in [3.8, 4) is 0 Å². The van der Waals surface area contributed by atoms with Gasteiger partial charge in [0.2, 0.25) is 5.91 Å². The Bertz CT molecular complexity index is 831. The standard InChI is InChI=1S/C18H18ClN3O2S/c19-13-7-2-1-6-12(13)17(24)22-9-8-14-15(10-22)25-18(20-14)21-16(23)11-4-3-5-11/h1-2,6-7,11H,3-5,8-10H2,(H,20,21,23). The number of hydrogen-bond donors (Lipinski definition) is 1. The van der Waals surface area contributed by atoms with E-state index in [2.05, 4.69) is 10.3 Å². The molecule has 2 amide bonds. The largest absolute Gasteiger partial charge is 0.333 e. The highest BCUT2D eigenvalue weighted by atomic mass is 35.5. The molecule has 0 radical (unpaired) electrons. The summed E-state index contributed by atoms with van der Waals surface area (Å²) < 4.78 is 0. The molecule has 1 saturated carbocycles. The number of carbonyl (C=O) groups is 2. The third-order valence-corrected chi connectivity index (χ3v) is 6.16. The quantitative estimate of drug-likeness (QED) is 0.889. The predicted octanol–water partition coefficient (Wildman–Crippen LogP) is 3.73. The number of amides is 2. The molecule has 2 aliphatic rings. The smallest absolute Gasteiger partial charge is 0.255 e. The van der Waals surface area contributed by atoms with E-state index in [-0.39, 0.29) is 17.7 Å². The second-order valence-electron chi connectivity index (χ2n) is 6.46. The van der Waals surface area contributed by atoms with Gasteiger partial charge in [0.05, 0.1) is 22.8 Å². The maximum atomic E-state index is 12.7. The maximum absolute atomic E-state index is 12.7. The summed E-state index contributed by atoms with van der Waals surface area (Å²) in [6, 6.07) is 7.10. The number of thiazole rings is 1. The van der Waals surface area contributed by atoms with Crippen LogP contribution in [-0.2, 0) is 17.8 Å². The minimum absolute atomic E-state index is 0.0651. The molecule has 1 aromatic carbocycles. The molecule has 0 bridgehead atoms. The average Bonchev–Trinajstić information content (AvgIpc) is 2.94. The van der Waals surface area contributed by atoms with E-state index in [0.717, 1.165) is 29.8 Å². The Labute approximate surface area is 155 Å². The molecule has 2 aromatic rings. The van der Waals surface area contributed by atoms with E-state index in [0.29, 0.717) is 35.2 Å². The van der Waals surface area contributed by atoms with E-state index >= 15 is 0 Å². The minimum atomic E-state index is -0.0651. The summed E-state index contributed by atoms with van der Waals surface area (Å²) in [7, 11) is 0. The van der Waals surface area contributed by atoms with Crippen LogP contribution in [0.4, 0.5) is 5.13 Å². The van der Waals surface area contributed by atoms with Crippen molar-refractivity contribution in [2.45, 2.75) is 32.2 Å². The lowest BCUT2D eigenvalue weighted by atomic mass is 9.85. The van der Waals surface area contributed by atoms with E-state index in [1.807, 2.05) is 12.1 Å². The Kier molecular flexibility index (Phi) is 4.48. The Morgan fingerprint density at radius 1 is 1.28 bits per heavy atom. The highest BCUT2D eigenvalue weighted by Crippen LogP contribution is 2.32. The fourth-order valence-corrected chi connectivity index (χ4v) is 4.35. The first kappa shape index (κ1) is 16.5. The van der Waals surface area contributed by atoms with Gasteiger partial charge in [0.25, 0.3) is 5.91 Å². The zero-order valence-electron chi connectivity index (χ0n) is 13.6. The van der Waals surface area contributed by atoms with E-state index in [1.54, 1.807) is 17.0 Å². The third kappa shape index (κ3) is 3.28. The van der Waals surface area contributed by atoms with E-state index in [4.69, 9.17) is 11.6 Å². The maximum Gasteiger partial charge on any atom is 0.255 e. The van der Waals surface area contributed by atoms with Gasteiger partial charge in [-0.3, -0.25) is 9.59 Å². The molecule has 7 heteroatoms. The number of anilines is 1. The predicted molar refractivity (Wildman–Crippen MR) is 98.0 cm³/mol. The van der Waals surface area contributed by atoms with Gasteiger partial charge in [0.1, 0.15) is 0 Å². The number of carbonyl (C=O) groups excluding carboxylic acids is 2. The lowest BCUT2D eigenvalue weighted by Crippen LogP contribution is -2.35. The number of halogens is 1. The topological polar surface area (TPSA) is 62.3 Å². The summed E-state index contributed by atoms with van der Waals surface area (Å²) >= 11 is 7.61. The van der Waals surface area contributed by atoms with Crippen LogP contribution in [0.1, 0.15) is 40.2 Å². The molecular formula is C18H18ClN3O2S. The monoisotopic (exact) mass is 375 g/mol. The number of nitrogens with one attached hydrogen (secondary N) is 1. The molecule has 1 aliphatic heterocycles. The minimum Gasteiger partial charge on any atom is -0.333 e. The van der Waals surface area contributed by atoms with Crippen molar-refractivity contribution in [3.63, 3.8) is 0 Å². The molecule has 0 saturated heterocycles. The molecule has 0 unspecified atom stereocenters. The molecule has 1 aliphatic carbocycles. The number of nitrogens with zero attached hydrogens (tertiary/aromatic N) is 2. The van der Waals surface area contributed by atoms with Crippen LogP contribution in [0.3, 0.4) is 0 Å². The highest BCUT2D eigenvalue weighted by molar-refractivity contribution is 7.15. The van der Waals surface area contributed by atoms with Crippen LogP contribution in [0.15, 0.2) is 24.3 Å². The van der Waals surface area contributed by atoms with Crippen molar-refractivity contribution < 1.29 is 9.59 Å². The lowest BCUT2D eigenvalue weighted by molar-refractivity contribution is -0.122. The second kappa shape index (κ2) is 6.77. The normalized spacial score (nSPS) is 16.9. The molecule has 2 heterocycles. The number of rotatable bonds is 3. The number of fused-ring (bicyclic) bond motifs is 1. The number of hydrogen-bond acceptors (Lipinski definition) is 4. The van der Waals surface area contributed by atoms with Crippen molar-refractivity contribution in [2.75, 3.05) is 11.9 Å². The van der Waals surface area contributed by atoms with Crippen LogP contribution in [0.2, 0.25) is 5.02 Å². The Balaban J connectivity index is 1.47.